The third-order valence-corrected chi connectivity index (χ3v) is 5.18. The lowest BCUT2D eigenvalue weighted by molar-refractivity contribution is -0.138. The minimum absolute atomic E-state index is 0.132. The van der Waals surface area contributed by atoms with E-state index in [1.165, 1.54) is 23.9 Å². The van der Waals surface area contributed by atoms with E-state index in [1.807, 2.05) is 0 Å². The fraction of sp³-hybridized carbons (Fsp3) is 0.222. The average Bonchev–Trinajstić information content (AvgIpc) is 2.99. The van der Waals surface area contributed by atoms with E-state index in [0.29, 0.717) is 21.8 Å². The predicted molar refractivity (Wildman–Crippen MR) is 97.8 cm³/mol. The molecular weight excluding hydrogens is 399 g/mol. The highest BCUT2D eigenvalue weighted by molar-refractivity contribution is 7.98. The third-order valence-electron chi connectivity index (χ3n) is 3.80. The van der Waals surface area contributed by atoms with Crippen molar-refractivity contribution in [2.75, 3.05) is 0 Å². The van der Waals surface area contributed by atoms with Crippen molar-refractivity contribution in [1.29, 1.82) is 0 Å². The van der Waals surface area contributed by atoms with Crippen LogP contribution in [-0.2, 0) is 25.6 Å². The molecule has 0 aliphatic rings. The molecule has 0 unspecified atom stereocenters. The van der Waals surface area contributed by atoms with Gasteiger partial charge in [0.1, 0.15) is 12.4 Å². The SMILES string of the molecule is Cn1c(COc2ccccc2Cl)nnc1SCc1ccccc1C(F)(F)F. The summed E-state index contributed by atoms with van der Waals surface area (Å²) in [5.74, 6) is 1.20. The van der Waals surface area contributed by atoms with E-state index in [4.69, 9.17) is 16.3 Å². The summed E-state index contributed by atoms with van der Waals surface area (Å²) in [4.78, 5) is 0. The van der Waals surface area contributed by atoms with Crippen molar-refractivity contribution in [2.45, 2.75) is 23.7 Å². The Bertz CT molecular complexity index is 930. The van der Waals surface area contributed by atoms with E-state index in [9.17, 15) is 13.2 Å². The fourth-order valence-electron chi connectivity index (χ4n) is 2.37. The number of hydrogen-bond donors (Lipinski definition) is 0. The van der Waals surface area contributed by atoms with Gasteiger partial charge in [-0.3, -0.25) is 0 Å². The first-order valence-corrected chi connectivity index (χ1v) is 9.26. The van der Waals surface area contributed by atoms with Gasteiger partial charge in [0.25, 0.3) is 0 Å². The Morgan fingerprint density at radius 3 is 2.52 bits per heavy atom. The van der Waals surface area contributed by atoms with E-state index in [2.05, 4.69) is 10.2 Å². The number of benzene rings is 2. The van der Waals surface area contributed by atoms with Crippen LogP contribution in [0.25, 0.3) is 0 Å². The Morgan fingerprint density at radius 1 is 1.07 bits per heavy atom. The summed E-state index contributed by atoms with van der Waals surface area (Å²) in [6.07, 6.45) is -4.38. The van der Waals surface area contributed by atoms with Crippen LogP contribution in [0.4, 0.5) is 13.2 Å². The molecule has 1 aromatic heterocycles. The molecule has 27 heavy (non-hydrogen) atoms. The molecule has 0 spiro atoms. The molecule has 0 aliphatic heterocycles. The van der Waals surface area contributed by atoms with Gasteiger partial charge in [0.15, 0.2) is 11.0 Å². The first kappa shape index (κ1) is 19.6. The second kappa shape index (κ2) is 8.22. The van der Waals surface area contributed by atoms with Crippen molar-refractivity contribution < 1.29 is 17.9 Å². The molecule has 0 aliphatic carbocycles. The van der Waals surface area contributed by atoms with Crippen LogP contribution >= 0.6 is 23.4 Å². The van der Waals surface area contributed by atoms with Crippen molar-refractivity contribution in [3.63, 3.8) is 0 Å². The number of rotatable bonds is 6. The number of para-hydroxylation sites is 1. The van der Waals surface area contributed by atoms with E-state index < -0.39 is 11.7 Å². The maximum Gasteiger partial charge on any atom is 0.416 e. The summed E-state index contributed by atoms with van der Waals surface area (Å²) in [5, 5.41) is 9.07. The summed E-state index contributed by atoms with van der Waals surface area (Å²) in [6, 6.07) is 12.6. The Hall–Kier alpha value is -2.19. The highest BCUT2D eigenvalue weighted by Gasteiger charge is 2.32. The van der Waals surface area contributed by atoms with E-state index in [0.717, 1.165) is 6.07 Å². The summed E-state index contributed by atoms with van der Waals surface area (Å²) in [7, 11) is 1.74. The van der Waals surface area contributed by atoms with Crippen LogP contribution in [0, 0.1) is 0 Å². The molecule has 0 N–H and O–H groups in total. The highest BCUT2D eigenvalue weighted by atomic mass is 35.5. The largest absolute Gasteiger partial charge is 0.484 e. The Balaban J connectivity index is 1.67. The molecule has 0 radical (unpaired) electrons. The summed E-state index contributed by atoms with van der Waals surface area (Å²) in [5.41, 5.74) is -0.436. The number of halogens is 4. The molecule has 3 rings (SSSR count). The van der Waals surface area contributed by atoms with E-state index in [-0.39, 0.29) is 17.9 Å². The summed E-state index contributed by atoms with van der Waals surface area (Å²) in [6.45, 7) is 0.146. The molecule has 4 nitrogen and oxygen atoms in total. The van der Waals surface area contributed by atoms with Gasteiger partial charge in [-0.15, -0.1) is 10.2 Å². The van der Waals surface area contributed by atoms with Crippen LogP contribution < -0.4 is 4.74 Å². The number of hydrogen-bond acceptors (Lipinski definition) is 4. The van der Waals surface area contributed by atoms with Crippen molar-refractivity contribution in [3.8, 4) is 5.75 Å². The van der Waals surface area contributed by atoms with Crippen LogP contribution in [0.15, 0.2) is 53.7 Å². The molecular formula is C18H15ClF3N3OS. The van der Waals surface area contributed by atoms with Crippen LogP contribution in [0.1, 0.15) is 17.0 Å². The first-order chi connectivity index (χ1) is 12.9. The molecule has 0 fully saturated rings. The van der Waals surface area contributed by atoms with E-state index >= 15 is 0 Å². The van der Waals surface area contributed by atoms with Crippen LogP contribution in [0.3, 0.4) is 0 Å². The minimum Gasteiger partial charge on any atom is -0.484 e. The van der Waals surface area contributed by atoms with Gasteiger partial charge in [-0.2, -0.15) is 13.2 Å². The second-order valence-electron chi connectivity index (χ2n) is 5.62. The van der Waals surface area contributed by atoms with Crippen molar-refractivity contribution in [2.24, 2.45) is 7.05 Å². The molecule has 0 atom stereocenters. The molecule has 9 heteroatoms. The Labute approximate surface area is 163 Å². The number of alkyl halides is 3. The number of nitrogens with zero attached hydrogens (tertiary/aromatic N) is 3. The van der Waals surface area contributed by atoms with Gasteiger partial charge in [-0.25, -0.2) is 0 Å². The maximum atomic E-state index is 13.1. The van der Waals surface area contributed by atoms with Crippen LogP contribution in [0.2, 0.25) is 5.02 Å². The number of ether oxygens (including phenoxy) is 1. The summed E-state index contributed by atoms with van der Waals surface area (Å²) < 4.78 is 46.6. The predicted octanol–water partition coefficient (Wildman–Crippen LogP) is 5.36. The standard InChI is InChI=1S/C18H15ClF3N3OS/c1-25-16(10-26-15-9-5-4-8-14(15)19)23-24-17(25)27-11-12-6-2-3-7-13(12)18(20,21)22/h2-9H,10-11H2,1H3. The number of aromatic nitrogens is 3. The van der Waals surface area contributed by atoms with Gasteiger partial charge in [0.2, 0.25) is 0 Å². The topological polar surface area (TPSA) is 39.9 Å². The third kappa shape index (κ3) is 4.75. The lowest BCUT2D eigenvalue weighted by Gasteiger charge is -2.12. The first-order valence-electron chi connectivity index (χ1n) is 7.89. The molecule has 142 valence electrons. The van der Waals surface area contributed by atoms with E-state index in [1.54, 1.807) is 41.9 Å². The molecule has 0 saturated heterocycles. The Morgan fingerprint density at radius 2 is 1.78 bits per heavy atom. The van der Waals surface area contributed by atoms with Gasteiger partial charge >= 0.3 is 6.18 Å². The number of thioether (sulfide) groups is 1. The molecule has 1 heterocycles. The van der Waals surface area contributed by atoms with Gasteiger partial charge < -0.3 is 9.30 Å². The average molecular weight is 414 g/mol. The van der Waals surface area contributed by atoms with Gasteiger partial charge in [0.05, 0.1) is 10.6 Å². The summed E-state index contributed by atoms with van der Waals surface area (Å²) >= 11 is 7.22. The zero-order valence-electron chi connectivity index (χ0n) is 14.2. The van der Waals surface area contributed by atoms with Crippen LogP contribution in [-0.4, -0.2) is 14.8 Å². The maximum absolute atomic E-state index is 13.1. The highest BCUT2D eigenvalue weighted by Crippen LogP contribution is 2.34. The van der Waals surface area contributed by atoms with Crippen LogP contribution in [0.5, 0.6) is 5.75 Å². The van der Waals surface area contributed by atoms with Crippen molar-refractivity contribution in [3.05, 3.63) is 70.5 Å². The zero-order chi connectivity index (χ0) is 19.4. The molecule has 2 aromatic carbocycles. The van der Waals surface area contributed by atoms with Gasteiger partial charge in [-0.05, 0) is 23.8 Å². The van der Waals surface area contributed by atoms with Gasteiger partial charge in [0, 0.05) is 12.8 Å². The molecule has 0 amide bonds. The minimum atomic E-state index is -4.38. The smallest absolute Gasteiger partial charge is 0.416 e. The fourth-order valence-corrected chi connectivity index (χ4v) is 3.49. The normalized spacial score (nSPS) is 11.6. The quantitative estimate of drug-likeness (QED) is 0.510. The molecule has 0 saturated carbocycles. The Kier molecular flexibility index (Phi) is 5.96. The molecule has 0 bridgehead atoms. The lowest BCUT2D eigenvalue weighted by atomic mass is 10.1. The molecule has 3 aromatic rings. The monoisotopic (exact) mass is 413 g/mol. The second-order valence-corrected chi connectivity index (χ2v) is 6.97. The lowest BCUT2D eigenvalue weighted by Crippen LogP contribution is -2.08. The van der Waals surface area contributed by atoms with Gasteiger partial charge in [-0.1, -0.05) is 53.7 Å². The van der Waals surface area contributed by atoms with Crippen molar-refractivity contribution >= 4 is 23.4 Å². The zero-order valence-corrected chi connectivity index (χ0v) is 15.8. The van der Waals surface area contributed by atoms with Crippen molar-refractivity contribution in [1.82, 2.24) is 14.8 Å².